The second-order valence-electron chi connectivity index (χ2n) is 5.35. The molecule has 0 unspecified atom stereocenters. The predicted octanol–water partition coefficient (Wildman–Crippen LogP) is 0.248. The Hall–Kier alpha value is -2.77. The molecule has 0 radical (unpaired) electrons. The van der Waals surface area contributed by atoms with Crippen LogP contribution in [0.1, 0.15) is 17.3 Å². The monoisotopic (exact) mass is 336 g/mol. The minimum atomic E-state index is -0.786. The average Bonchev–Trinajstić information content (AvgIpc) is 2.59. The van der Waals surface area contributed by atoms with Crippen LogP contribution in [0.25, 0.3) is 0 Å². The zero-order chi connectivity index (χ0) is 17.7. The summed E-state index contributed by atoms with van der Waals surface area (Å²) in [5.74, 6) is -1.01. The topological polar surface area (TPSA) is 96.4 Å². The number of carbonyl (C=O) groups is 3. The van der Waals surface area contributed by atoms with E-state index < -0.39 is 12.6 Å². The molecule has 2 rings (SSSR count). The summed E-state index contributed by atoms with van der Waals surface area (Å²) in [5.41, 5.74) is -0.0370. The van der Waals surface area contributed by atoms with Gasteiger partial charge in [0.1, 0.15) is 17.1 Å². The molecule has 0 bridgehead atoms. The van der Waals surface area contributed by atoms with Gasteiger partial charge in [-0.15, -0.1) is 0 Å². The first-order valence-corrected chi connectivity index (χ1v) is 7.49. The van der Waals surface area contributed by atoms with Crippen LogP contribution < -0.4 is 4.74 Å². The molecular weight excluding hydrogens is 316 g/mol. The van der Waals surface area contributed by atoms with E-state index in [1.807, 2.05) is 0 Å². The second kappa shape index (κ2) is 7.67. The molecule has 8 nitrogen and oxygen atoms in total. The summed E-state index contributed by atoms with van der Waals surface area (Å²) < 4.78 is 9.89. The molecule has 1 aliphatic heterocycles. The van der Waals surface area contributed by atoms with Crippen LogP contribution in [0.2, 0.25) is 0 Å². The van der Waals surface area contributed by atoms with Gasteiger partial charge < -0.3 is 24.4 Å². The minimum Gasteiger partial charge on any atom is -0.507 e. The smallest absolute Gasteiger partial charge is 0.342 e. The van der Waals surface area contributed by atoms with Crippen LogP contribution in [0.4, 0.5) is 0 Å². The fourth-order valence-corrected chi connectivity index (χ4v) is 2.38. The van der Waals surface area contributed by atoms with Gasteiger partial charge in [0, 0.05) is 39.2 Å². The Morgan fingerprint density at radius 2 is 1.75 bits per heavy atom. The van der Waals surface area contributed by atoms with Gasteiger partial charge in [-0.1, -0.05) is 0 Å². The van der Waals surface area contributed by atoms with Crippen molar-refractivity contribution in [3.8, 4) is 11.5 Å². The first-order valence-electron chi connectivity index (χ1n) is 7.49. The van der Waals surface area contributed by atoms with Crippen LogP contribution in [-0.4, -0.2) is 72.6 Å². The van der Waals surface area contributed by atoms with Crippen molar-refractivity contribution in [1.29, 1.82) is 0 Å². The van der Waals surface area contributed by atoms with Crippen molar-refractivity contribution in [2.45, 2.75) is 6.92 Å². The van der Waals surface area contributed by atoms with Crippen molar-refractivity contribution in [1.82, 2.24) is 9.80 Å². The summed E-state index contributed by atoms with van der Waals surface area (Å²) in [7, 11) is 1.44. The summed E-state index contributed by atoms with van der Waals surface area (Å²) >= 11 is 0. The van der Waals surface area contributed by atoms with Crippen molar-refractivity contribution in [2.75, 3.05) is 39.9 Å². The highest BCUT2D eigenvalue weighted by molar-refractivity contribution is 5.94. The Morgan fingerprint density at radius 3 is 2.29 bits per heavy atom. The van der Waals surface area contributed by atoms with Gasteiger partial charge in [0.15, 0.2) is 6.61 Å². The van der Waals surface area contributed by atoms with E-state index in [1.165, 1.54) is 32.2 Å². The van der Waals surface area contributed by atoms with E-state index in [0.717, 1.165) is 0 Å². The van der Waals surface area contributed by atoms with Gasteiger partial charge in [-0.3, -0.25) is 9.59 Å². The Kier molecular flexibility index (Phi) is 5.62. The minimum absolute atomic E-state index is 0.0245. The highest BCUT2D eigenvalue weighted by Crippen LogP contribution is 2.23. The number of hydrogen-bond acceptors (Lipinski definition) is 6. The first-order chi connectivity index (χ1) is 11.4. The number of phenolic OH excluding ortho intramolecular Hbond substituents is 1. The standard InChI is InChI=1S/C16H20N2O6/c1-11(19)17-5-7-18(8-6-17)15(21)10-24-16(22)13-4-3-12(23-2)9-14(13)20/h3-4,9,20H,5-8,10H2,1-2H3. The van der Waals surface area contributed by atoms with Crippen LogP contribution in [-0.2, 0) is 14.3 Å². The molecular formula is C16H20N2O6. The highest BCUT2D eigenvalue weighted by atomic mass is 16.5. The third-order valence-corrected chi connectivity index (χ3v) is 3.83. The van der Waals surface area contributed by atoms with Crippen molar-refractivity contribution in [3.05, 3.63) is 23.8 Å². The molecule has 24 heavy (non-hydrogen) atoms. The van der Waals surface area contributed by atoms with E-state index >= 15 is 0 Å². The molecule has 8 heteroatoms. The van der Waals surface area contributed by atoms with Crippen LogP contribution in [0.5, 0.6) is 11.5 Å². The van der Waals surface area contributed by atoms with Gasteiger partial charge in [0.05, 0.1) is 7.11 Å². The van der Waals surface area contributed by atoms with E-state index in [-0.39, 0.29) is 23.1 Å². The fraction of sp³-hybridized carbons (Fsp3) is 0.438. The van der Waals surface area contributed by atoms with Gasteiger partial charge in [-0.05, 0) is 12.1 Å². The number of ether oxygens (including phenoxy) is 2. The molecule has 1 heterocycles. The van der Waals surface area contributed by atoms with E-state index in [9.17, 15) is 19.5 Å². The lowest BCUT2D eigenvalue weighted by molar-refractivity contribution is -0.140. The number of aromatic hydroxyl groups is 1. The molecule has 1 aromatic rings. The summed E-state index contributed by atoms with van der Waals surface area (Å²) in [6.45, 7) is 2.82. The number of esters is 1. The first kappa shape index (κ1) is 17.6. The highest BCUT2D eigenvalue weighted by Gasteiger charge is 2.23. The molecule has 1 N–H and O–H groups in total. The molecule has 1 fully saturated rings. The Bertz CT molecular complexity index is 637. The van der Waals surface area contributed by atoms with Gasteiger partial charge >= 0.3 is 5.97 Å². The lowest BCUT2D eigenvalue weighted by Crippen LogP contribution is -2.51. The third-order valence-electron chi connectivity index (χ3n) is 3.83. The number of phenols is 1. The molecule has 0 spiro atoms. The van der Waals surface area contributed by atoms with E-state index in [1.54, 1.807) is 9.80 Å². The Balaban J connectivity index is 1.86. The number of hydrogen-bond donors (Lipinski definition) is 1. The van der Waals surface area contributed by atoms with Crippen LogP contribution in [0.15, 0.2) is 18.2 Å². The van der Waals surface area contributed by atoms with Crippen molar-refractivity contribution >= 4 is 17.8 Å². The normalized spacial score (nSPS) is 14.2. The summed E-state index contributed by atoms with van der Waals surface area (Å²) in [6.07, 6.45) is 0. The molecule has 1 aromatic carbocycles. The maximum Gasteiger partial charge on any atom is 0.342 e. The number of piperazine rings is 1. The molecule has 130 valence electrons. The van der Waals surface area contributed by atoms with Crippen LogP contribution >= 0.6 is 0 Å². The number of benzene rings is 1. The largest absolute Gasteiger partial charge is 0.507 e. The number of nitrogens with zero attached hydrogens (tertiary/aromatic N) is 2. The third kappa shape index (κ3) is 4.15. The van der Waals surface area contributed by atoms with Crippen molar-refractivity contribution in [2.24, 2.45) is 0 Å². The fourth-order valence-electron chi connectivity index (χ4n) is 2.38. The lowest BCUT2D eigenvalue weighted by atomic mass is 10.2. The molecule has 0 saturated carbocycles. The average molecular weight is 336 g/mol. The summed E-state index contributed by atoms with van der Waals surface area (Å²) in [5, 5.41) is 9.77. The lowest BCUT2D eigenvalue weighted by Gasteiger charge is -2.34. The number of carbonyl (C=O) groups excluding carboxylic acids is 3. The predicted molar refractivity (Wildman–Crippen MR) is 83.8 cm³/mol. The molecule has 1 saturated heterocycles. The van der Waals surface area contributed by atoms with Gasteiger partial charge in [-0.25, -0.2) is 4.79 Å². The summed E-state index contributed by atoms with van der Waals surface area (Å²) in [4.78, 5) is 38.5. The van der Waals surface area contributed by atoms with E-state index in [2.05, 4.69) is 0 Å². The maximum atomic E-state index is 12.1. The molecule has 1 aliphatic rings. The molecule has 2 amide bonds. The molecule has 0 aliphatic carbocycles. The molecule has 0 atom stereocenters. The number of rotatable bonds is 4. The SMILES string of the molecule is COc1ccc(C(=O)OCC(=O)N2CCN(C(C)=O)CC2)c(O)c1. The zero-order valence-electron chi connectivity index (χ0n) is 13.7. The van der Waals surface area contributed by atoms with Gasteiger partial charge in [0.2, 0.25) is 5.91 Å². The van der Waals surface area contributed by atoms with Gasteiger partial charge in [0.25, 0.3) is 5.91 Å². The zero-order valence-corrected chi connectivity index (χ0v) is 13.7. The quantitative estimate of drug-likeness (QED) is 0.792. The van der Waals surface area contributed by atoms with Gasteiger partial charge in [-0.2, -0.15) is 0 Å². The van der Waals surface area contributed by atoms with Crippen molar-refractivity contribution < 1.29 is 29.0 Å². The molecule has 0 aromatic heterocycles. The van der Waals surface area contributed by atoms with Crippen molar-refractivity contribution in [3.63, 3.8) is 0 Å². The maximum absolute atomic E-state index is 12.1. The number of methoxy groups -OCH3 is 1. The second-order valence-corrected chi connectivity index (χ2v) is 5.35. The Labute approximate surface area is 139 Å². The van der Waals surface area contributed by atoms with Crippen LogP contribution in [0.3, 0.4) is 0 Å². The Morgan fingerprint density at radius 1 is 1.12 bits per heavy atom. The summed E-state index contributed by atoms with van der Waals surface area (Å²) in [6, 6.07) is 4.17. The van der Waals surface area contributed by atoms with E-state index in [0.29, 0.717) is 31.9 Å². The van der Waals surface area contributed by atoms with Crippen LogP contribution in [0, 0.1) is 0 Å². The number of amides is 2. The van der Waals surface area contributed by atoms with E-state index in [4.69, 9.17) is 9.47 Å².